The van der Waals surface area contributed by atoms with Crippen molar-refractivity contribution in [2.75, 3.05) is 45.3 Å². The van der Waals surface area contributed by atoms with Crippen molar-refractivity contribution in [3.8, 4) is 11.5 Å². The number of carbonyl (C=O) groups is 2. The van der Waals surface area contributed by atoms with Gasteiger partial charge in [0, 0.05) is 30.9 Å². The predicted molar refractivity (Wildman–Crippen MR) is 113 cm³/mol. The molecule has 0 unspecified atom stereocenters. The van der Waals surface area contributed by atoms with Gasteiger partial charge in [-0.2, -0.15) is 8.78 Å². The fourth-order valence-corrected chi connectivity index (χ4v) is 3.23. The molecule has 0 radical (unpaired) electrons. The van der Waals surface area contributed by atoms with Crippen LogP contribution in [0, 0.1) is 0 Å². The van der Waals surface area contributed by atoms with Crippen LogP contribution in [0.3, 0.4) is 0 Å². The van der Waals surface area contributed by atoms with Crippen molar-refractivity contribution in [1.29, 1.82) is 0 Å². The van der Waals surface area contributed by atoms with E-state index in [1.807, 2.05) is 18.2 Å². The highest BCUT2D eigenvalue weighted by Gasteiger charge is 2.15. The van der Waals surface area contributed by atoms with Crippen LogP contribution in [0.15, 0.2) is 42.5 Å². The molecule has 2 amide bonds. The summed E-state index contributed by atoms with van der Waals surface area (Å²) in [5, 5.41) is 5.25. The molecular formula is C22H25F2N3O5. The Labute approximate surface area is 184 Å². The molecule has 8 nitrogen and oxygen atoms in total. The van der Waals surface area contributed by atoms with Crippen LogP contribution in [0.1, 0.15) is 15.9 Å². The number of hydrogen-bond acceptors (Lipinski definition) is 6. The fraction of sp³-hybridized carbons (Fsp3) is 0.364. The average molecular weight is 449 g/mol. The predicted octanol–water partition coefficient (Wildman–Crippen LogP) is 2.50. The zero-order valence-corrected chi connectivity index (χ0v) is 17.6. The first-order valence-electron chi connectivity index (χ1n) is 10.0. The minimum Gasteiger partial charge on any atom is -0.493 e. The summed E-state index contributed by atoms with van der Waals surface area (Å²) in [6, 6.07) is 11.3. The molecule has 0 aromatic heterocycles. The largest absolute Gasteiger partial charge is 0.493 e. The molecule has 0 bridgehead atoms. The van der Waals surface area contributed by atoms with Crippen LogP contribution >= 0.6 is 0 Å². The van der Waals surface area contributed by atoms with Crippen molar-refractivity contribution < 1.29 is 32.6 Å². The maximum absolute atomic E-state index is 12.4. The second kappa shape index (κ2) is 11.4. The number of hydrogen-bond donors (Lipinski definition) is 2. The number of halogens is 2. The first-order chi connectivity index (χ1) is 15.4. The minimum absolute atomic E-state index is 0.0144. The van der Waals surface area contributed by atoms with E-state index >= 15 is 0 Å². The van der Waals surface area contributed by atoms with Gasteiger partial charge in [0.1, 0.15) is 0 Å². The standard InChI is InChI=1S/C22H25F2N3O5/c1-30-19-12-16(5-6-18(19)32-22(23)24)21(29)25-13-20(28)26-17-4-2-3-15(11-17)14-27-7-9-31-10-8-27/h2-6,11-12,22H,7-10,13-14H2,1H3,(H,25,29)(H,26,28). The summed E-state index contributed by atoms with van der Waals surface area (Å²) < 4.78 is 39.5. The first-order valence-corrected chi connectivity index (χ1v) is 10.0. The number of morpholine rings is 1. The molecule has 3 rings (SSSR count). The molecular weight excluding hydrogens is 424 g/mol. The Hall–Kier alpha value is -3.24. The Morgan fingerprint density at radius 1 is 1.12 bits per heavy atom. The lowest BCUT2D eigenvalue weighted by Gasteiger charge is -2.26. The van der Waals surface area contributed by atoms with Crippen molar-refractivity contribution in [3.05, 3.63) is 53.6 Å². The van der Waals surface area contributed by atoms with Gasteiger partial charge in [-0.25, -0.2) is 0 Å². The van der Waals surface area contributed by atoms with Crippen molar-refractivity contribution in [2.45, 2.75) is 13.2 Å². The van der Waals surface area contributed by atoms with Gasteiger partial charge in [-0.05, 0) is 35.9 Å². The summed E-state index contributed by atoms with van der Waals surface area (Å²) in [7, 11) is 1.27. The average Bonchev–Trinajstić information content (AvgIpc) is 2.78. The molecule has 2 aromatic carbocycles. The molecule has 0 spiro atoms. The lowest BCUT2D eigenvalue weighted by molar-refractivity contribution is -0.115. The number of alkyl halides is 2. The minimum atomic E-state index is -3.01. The number of rotatable bonds is 9. The van der Waals surface area contributed by atoms with E-state index in [0.29, 0.717) is 18.9 Å². The SMILES string of the molecule is COc1cc(C(=O)NCC(=O)Nc2cccc(CN3CCOCC3)c2)ccc1OC(F)F. The molecule has 0 aliphatic carbocycles. The van der Waals surface area contributed by atoms with E-state index in [2.05, 4.69) is 20.3 Å². The second-order valence-corrected chi connectivity index (χ2v) is 7.06. The van der Waals surface area contributed by atoms with Crippen molar-refractivity contribution in [2.24, 2.45) is 0 Å². The summed E-state index contributed by atoms with van der Waals surface area (Å²) in [6.07, 6.45) is 0. The number of carbonyl (C=O) groups excluding carboxylic acids is 2. The lowest BCUT2D eigenvalue weighted by Crippen LogP contribution is -2.35. The second-order valence-electron chi connectivity index (χ2n) is 7.06. The first kappa shape index (κ1) is 23.4. The Balaban J connectivity index is 1.52. The quantitative estimate of drug-likeness (QED) is 0.612. The Morgan fingerprint density at radius 2 is 1.91 bits per heavy atom. The van der Waals surface area contributed by atoms with Crippen LogP contribution in [0.25, 0.3) is 0 Å². The number of anilines is 1. The van der Waals surface area contributed by atoms with Crippen LogP contribution in [0.2, 0.25) is 0 Å². The monoisotopic (exact) mass is 449 g/mol. The molecule has 1 aliphatic heterocycles. The highest BCUT2D eigenvalue weighted by Crippen LogP contribution is 2.29. The zero-order valence-electron chi connectivity index (χ0n) is 17.6. The van der Waals surface area contributed by atoms with Crippen LogP contribution in [0.5, 0.6) is 11.5 Å². The molecule has 1 fully saturated rings. The van der Waals surface area contributed by atoms with Gasteiger partial charge >= 0.3 is 6.61 Å². The molecule has 1 saturated heterocycles. The summed E-state index contributed by atoms with van der Waals surface area (Å²) >= 11 is 0. The maximum atomic E-state index is 12.4. The highest BCUT2D eigenvalue weighted by atomic mass is 19.3. The van der Waals surface area contributed by atoms with Crippen molar-refractivity contribution >= 4 is 17.5 Å². The number of methoxy groups -OCH3 is 1. The molecule has 1 aliphatic rings. The molecule has 0 saturated carbocycles. The van der Waals surface area contributed by atoms with Crippen molar-refractivity contribution in [1.82, 2.24) is 10.2 Å². The normalized spacial score (nSPS) is 14.1. The highest BCUT2D eigenvalue weighted by molar-refractivity contribution is 5.99. The van der Waals surface area contributed by atoms with Gasteiger partial charge in [-0.15, -0.1) is 0 Å². The molecule has 1 heterocycles. The maximum Gasteiger partial charge on any atom is 0.387 e. The third kappa shape index (κ3) is 6.89. The van der Waals surface area contributed by atoms with Gasteiger partial charge in [-0.3, -0.25) is 14.5 Å². The summed E-state index contributed by atoms with van der Waals surface area (Å²) in [5.74, 6) is -1.15. The van der Waals surface area contributed by atoms with Crippen LogP contribution in [-0.2, 0) is 16.1 Å². The Bertz CT molecular complexity index is 936. The van der Waals surface area contributed by atoms with Crippen LogP contribution < -0.4 is 20.1 Å². The van der Waals surface area contributed by atoms with E-state index in [-0.39, 0.29) is 23.6 Å². The molecule has 2 aromatic rings. The molecule has 172 valence electrons. The van der Waals surface area contributed by atoms with Crippen molar-refractivity contribution in [3.63, 3.8) is 0 Å². The van der Waals surface area contributed by atoms with Gasteiger partial charge < -0.3 is 24.8 Å². The molecule has 10 heteroatoms. The number of benzene rings is 2. The topological polar surface area (TPSA) is 89.1 Å². The number of nitrogens with zero attached hydrogens (tertiary/aromatic N) is 1. The Kier molecular flexibility index (Phi) is 8.34. The third-order valence-electron chi connectivity index (χ3n) is 4.77. The third-order valence-corrected chi connectivity index (χ3v) is 4.77. The van der Waals surface area contributed by atoms with E-state index in [9.17, 15) is 18.4 Å². The number of ether oxygens (including phenoxy) is 3. The van der Waals surface area contributed by atoms with E-state index in [4.69, 9.17) is 9.47 Å². The molecule has 2 N–H and O–H groups in total. The van der Waals surface area contributed by atoms with Crippen LogP contribution in [0.4, 0.5) is 14.5 Å². The zero-order chi connectivity index (χ0) is 22.9. The van der Waals surface area contributed by atoms with E-state index < -0.39 is 18.4 Å². The summed E-state index contributed by atoms with van der Waals surface area (Å²) in [5.41, 5.74) is 1.83. The van der Waals surface area contributed by atoms with Gasteiger partial charge in [0.05, 0.1) is 26.9 Å². The summed E-state index contributed by atoms with van der Waals surface area (Å²) in [6.45, 7) is 0.639. The van der Waals surface area contributed by atoms with E-state index in [1.165, 1.54) is 25.3 Å². The van der Waals surface area contributed by atoms with Crippen LogP contribution in [-0.4, -0.2) is 63.3 Å². The summed E-state index contributed by atoms with van der Waals surface area (Å²) in [4.78, 5) is 26.9. The van der Waals surface area contributed by atoms with E-state index in [1.54, 1.807) is 6.07 Å². The van der Waals surface area contributed by atoms with Gasteiger partial charge in [0.15, 0.2) is 11.5 Å². The van der Waals surface area contributed by atoms with E-state index in [0.717, 1.165) is 25.2 Å². The number of nitrogens with one attached hydrogen (secondary N) is 2. The fourth-order valence-electron chi connectivity index (χ4n) is 3.23. The smallest absolute Gasteiger partial charge is 0.387 e. The Morgan fingerprint density at radius 3 is 2.62 bits per heavy atom. The molecule has 0 atom stereocenters. The lowest BCUT2D eigenvalue weighted by atomic mass is 10.1. The molecule has 32 heavy (non-hydrogen) atoms. The van der Waals surface area contributed by atoms with Gasteiger partial charge in [-0.1, -0.05) is 12.1 Å². The van der Waals surface area contributed by atoms with Gasteiger partial charge in [0.2, 0.25) is 5.91 Å². The van der Waals surface area contributed by atoms with Gasteiger partial charge in [0.25, 0.3) is 5.91 Å². The number of amides is 2.